The number of hydrogen-bond donors (Lipinski definition) is 1. The van der Waals surface area contributed by atoms with E-state index in [1.165, 1.54) is 12.8 Å². The van der Waals surface area contributed by atoms with Gasteiger partial charge in [-0.15, -0.1) is 0 Å². The number of ether oxygens (including phenoxy) is 1. The van der Waals surface area contributed by atoms with Crippen LogP contribution in [0, 0.1) is 5.92 Å². The molecule has 1 unspecified atom stereocenters. The summed E-state index contributed by atoms with van der Waals surface area (Å²) in [6.07, 6.45) is 4.22. The smallest absolute Gasteiger partial charge is 0.225 e. The number of nitrogens with zero attached hydrogens (tertiary/aromatic N) is 1. The minimum absolute atomic E-state index is 0.195. The summed E-state index contributed by atoms with van der Waals surface area (Å²) < 4.78 is 5.28. The second-order valence-electron chi connectivity index (χ2n) is 4.90. The Bertz CT molecular complexity index is 233. The van der Waals surface area contributed by atoms with Crippen LogP contribution in [0.3, 0.4) is 0 Å². The van der Waals surface area contributed by atoms with Crippen molar-refractivity contribution in [2.24, 2.45) is 5.92 Å². The van der Waals surface area contributed by atoms with Crippen molar-refractivity contribution >= 4 is 5.91 Å². The van der Waals surface area contributed by atoms with Gasteiger partial charge in [-0.1, -0.05) is 0 Å². The first-order valence-electron chi connectivity index (χ1n) is 6.33. The summed E-state index contributed by atoms with van der Waals surface area (Å²) in [5, 5.41) is 3.43. The molecule has 4 nitrogen and oxygen atoms in total. The fraction of sp³-hybridized carbons (Fsp3) is 0.917. The Kier molecular flexibility index (Phi) is 4.18. The third-order valence-corrected chi connectivity index (χ3v) is 3.60. The highest BCUT2D eigenvalue weighted by atomic mass is 16.5. The van der Waals surface area contributed by atoms with E-state index in [4.69, 9.17) is 4.74 Å². The highest BCUT2D eigenvalue weighted by molar-refractivity contribution is 5.78. The quantitative estimate of drug-likeness (QED) is 0.767. The highest BCUT2D eigenvalue weighted by Crippen LogP contribution is 2.17. The summed E-state index contributed by atoms with van der Waals surface area (Å²) in [5.41, 5.74) is 0. The summed E-state index contributed by atoms with van der Waals surface area (Å²) >= 11 is 0. The lowest BCUT2D eigenvalue weighted by molar-refractivity contribution is -0.137. The van der Waals surface area contributed by atoms with Gasteiger partial charge >= 0.3 is 0 Å². The predicted octanol–water partition coefficient (Wildman–Crippen LogP) is 0.623. The molecule has 0 bridgehead atoms. The van der Waals surface area contributed by atoms with Crippen LogP contribution in [0.15, 0.2) is 0 Å². The van der Waals surface area contributed by atoms with Crippen molar-refractivity contribution in [3.8, 4) is 0 Å². The van der Waals surface area contributed by atoms with Crippen LogP contribution in [0.2, 0.25) is 0 Å². The van der Waals surface area contributed by atoms with Gasteiger partial charge in [0.2, 0.25) is 5.91 Å². The van der Waals surface area contributed by atoms with Gasteiger partial charge in [0.25, 0.3) is 0 Å². The lowest BCUT2D eigenvalue weighted by Gasteiger charge is -2.28. The molecule has 2 aliphatic heterocycles. The van der Waals surface area contributed by atoms with E-state index < -0.39 is 0 Å². The molecule has 0 saturated carbocycles. The number of amides is 1. The van der Waals surface area contributed by atoms with Crippen LogP contribution in [-0.4, -0.2) is 50.2 Å². The molecule has 2 saturated heterocycles. The summed E-state index contributed by atoms with van der Waals surface area (Å²) in [5.74, 6) is 0.497. The second-order valence-corrected chi connectivity index (χ2v) is 4.90. The van der Waals surface area contributed by atoms with Gasteiger partial charge in [0.15, 0.2) is 0 Å². The number of nitrogens with one attached hydrogen (secondary N) is 1. The Balaban J connectivity index is 1.78. The monoisotopic (exact) mass is 226 g/mol. The maximum absolute atomic E-state index is 12.1. The van der Waals surface area contributed by atoms with Crippen LogP contribution < -0.4 is 5.32 Å². The van der Waals surface area contributed by atoms with Gasteiger partial charge in [0.1, 0.15) is 0 Å². The minimum Gasteiger partial charge on any atom is -0.381 e. The van der Waals surface area contributed by atoms with Crippen LogP contribution in [0.25, 0.3) is 0 Å². The topological polar surface area (TPSA) is 41.6 Å². The molecule has 0 aliphatic carbocycles. The van der Waals surface area contributed by atoms with Crippen LogP contribution in [0.4, 0.5) is 0 Å². The first kappa shape index (κ1) is 11.9. The normalized spacial score (nSPS) is 26.9. The summed E-state index contributed by atoms with van der Waals surface area (Å²) in [7, 11) is 1.93. The molecular weight excluding hydrogens is 204 g/mol. The maximum Gasteiger partial charge on any atom is 0.225 e. The van der Waals surface area contributed by atoms with Crippen molar-refractivity contribution < 1.29 is 9.53 Å². The summed E-state index contributed by atoms with van der Waals surface area (Å²) in [4.78, 5) is 14.0. The molecule has 2 aliphatic rings. The Morgan fingerprint density at radius 1 is 1.38 bits per heavy atom. The van der Waals surface area contributed by atoms with E-state index in [1.807, 2.05) is 11.9 Å². The molecule has 4 heteroatoms. The van der Waals surface area contributed by atoms with Crippen molar-refractivity contribution in [3.63, 3.8) is 0 Å². The Morgan fingerprint density at radius 3 is 2.75 bits per heavy atom. The molecule has 0 aromatic rings. The van der Waals surface area contributed by atoms with Gasteiger partial charge in [-0.05, 0) is 32.2 Å². The molecule has 1 amide bonds. The third-order valence-electron chi connectivity index (χ3n) is 3.60. The van der Waals surface area contributed by atoms with Crippen LogP contribution >= 0.6 is 0 Å². The van der Waals surface area contributed by atoms with E-state index in [-0.39, 0.29) is 5.92 Å². The van der Waals surface area contributed by atoms with Crippen molar-refractivity contribution in [2.45, 2.75) is 31.7 Å². The average Bonchev–Trinajstić information content (AvgIpc) is 2.82. The predicted molar refractivity (Wildman–Crippen MR) is 62.2 cm³/mol. The van der Waals surface area contributed by atoms with E-state index in [0.29, 0.717) is 11.9 Å². The van der Waals surface area contributed by atoms with Gasteiger partial charge in [-0.2, -0.15) is 0 Å². The molecule has 16 heavy (non-hydrogen) atoms. The molecule has 2 rings (SSSR count). The minimum atomic E-state index is 0.195. The van der Waals surface area contributed by atoms with E-state index >= 15 is 0 Å². The van der Waals surface area contributed by atoms with Crippen LogP contribution in [0.1, 0.15) is 25.7 Å². The Morgan fingerprint density at radius 2 is 2.12 bits per heavy atom. The molecule has 0 aromatic heterocycles. The second kappa shape index (κ2) is 5.64. The van der Waals surface area contributed by atoms with Crippen molar-refractivity contribution in [2.75, 3.05) is 33.4 Å². The number of rotatable bonds is 3. The number of carbonyl (C=O) groups excluding carboxylic acids is 1. The van der Waals surface area contributed by atoms with Crippen LogP contribution in [0.5, 0.6) is 0 Å². The third kappa shape index (κ3) is 2.95. The van der Waals surface area contributed by atoms with Crippen molar-refractivity contribution in [1.29, 1.82) is 0 Å². The van der Waals surface area contributed by atoms with Gasteiger partial charge < -0.3 is 15.0 Å². The van der Waals surface area contributed by atoms with Gasteiger partial charge in [0.05, 0.1) is 0 Å². The van der Waals surface area contributed by atoms with E-state index in [0.717, 1.165) is 39.1 Å². The molecule has 2 heterocycles. The van der Waals surface area contributed by atoms with E-state index in [1.54, 1.807) is 0 Å². The zero-order valence-corrected chi connectivity index (χ0v) is 10.1. The van der Waals surface area contributed by atoms with Gasteiger partial charge in [0, 0.05) is 38.8 Å². The van der Waals surface area contributed by atoms with E-state index in [2.05, 4.69) is 5.32 Å². The average molecular weight is 226 g/mol. The van der Waals surface area contributed by atoms with Crippen molar-refractivity contribution in [1.82, 2.24) is 10.2 Å². The molecule has 92 valence electrons. The molecule has 0 radical (unpaired) electrons. The number of carbonyl (C=O) groups is 1. The first-order valence-corrected chi connectivity index (χ1v) is 6.33. The van der Waals surface area contributed by atoms with E-state index in [9.17, 15) is 4.79 Å². The molecule has 1 N–H and O–H groups in total. The Labute approximate surface area is 97.3 Å². The summed E-state index contributed by atoms with van der Waals surface area (Å²) in [6, 6.07) is 0.508. The largest absolute Gasteiger partial charge is 0.381 e. The SMILES string of the molecule is CN(CC1CCCN1)C(=O)C1CCOCC1. The van der Waals surface area contributed by atoms with Crippen LogP contribution in [-0.2, 0) is 9.53 Å². The summed E-state index contributed by atoms with van der Waals surface area (Å²) in [6.45, 7) is 3.44. The highest BCUT2D eigenvalue weighted by Gasteiger charge is 2.26. The van der Waals surface area contributed by atoms with Gasteiger partial charge in [-0.25, -0.2) is 0 Å². The molecule has 0 aromatic carbocycles. The molecule has 2 fully saturated rings. The zero-order valence-electron chi connectivity index (χ0n) is 10.1. The standard InChI is InChI=1S/C12H22N2O2/c1-14(9-11-3-2-6-13-11)12(15)10-4-7-16-8-5-10/h10-11,13H,2-9H2,1H3. The number of likely N-dealkylation sites (N-methyl/N-ethyl adjacent to an activating group) is 1. The lowest BCUT2D eigenvalue weighted by atomic mass is 9.98. The first-order chi connectivity index (χ1) is 7.77. The molecular formula is C12H22N2O2. The van der Waals surface area contributed by atoms with Gasteiger partial charge in [-0.3, -0.25) is 4.79 Å². The molecule has 1 atom stereocenters. The fourth-order valence-corrected chi connectivity index (χ4v) is 2.59. The van der Waals surface area contributed by atoms with Crippen molar-refractivity contribution in [3.05, 3.63) is 0 Å². The Hall–Kier alpha value is -0.610. The molecule has 0 spiro atoms. The maximum atomic E-state index is 12.1. The number of hydrogen-bond acceptors (Lipinski definition) is 3. The fourth-order valence-electron chi connectivity index (χ4n) is 2.59. The lowest BCUT2D eigenvalue weighted by Crippen LogP contribution is -2.42. The zero-order chi connectivity index (χ0) is 11.4.